The summed E-state index contributed by atoms with van der Waals surface area (Å²) in [5.74, 6) is 0. The van der Waals surface area contributed by atoms with Gasteiger partial charge in [0.05, 0.1) is 0 Å². The topological polar surface area (TPSA) is 35.5 Å². The molecule has 0 aliphatic carbocycles. The van der Waals surface area contributed by atoms with E-state index in [0.717, 1.165) is 19.0 Å². The normalized spacial score (nSPS) is 24.2. The molecule has 1 aliphatic rings. The second-order valence-corrected chi connectivity index (χ2v) is 6.80. The molecule has 2 atom stereocenters. The first-order chi connectivity index (χ1) is 8.45. The van der Waals surface area contributed by atoms with Crippen LogP contribution in [0.2, 0.25) is 0 Å². The highest BCUT2D eigenvalue weighted by molar-refractivity contribution is 4.82. The Labute approximate surface area is 113 Å². The van der Waals surface area contributed by atoms with Gasteiger partial charge in [0.15, 0.2) is 0 Å². The number of nitrogens with one attached hydrogen (secondary N) is 1. The van der Waals surface area contributed by atoms with E-state index < -0.39 is 0 Å². The van der Waals surface area contributed by atoms with Crippen molar-refractivity contribution >= 4 is 0 Å². The van der Waals surface area contributed by atoms with Crippen molar-refractivity contribution < 1.29 is 5.11 Å². The first-order valence-electron chi connectivity index (χ1n) is 7.49. The Hall–Kier alpha value is -0.120. The van der Waals surface area contributed by atoms with Gasteiger partial charge in [0.25, 0.3) is 0 Å². The lowest BCUT2D eigenvalue weighted by Crippen LogP contribution is -2.44. The highest BCUT2D eigenvalue weighted by Crippen LogP contribution is 2.22. The summed E-state index contributed by atoms with van der Waals surface area (Å²) in [6.07, 6.45) is 6.17. The van der Waals surface area contributed by atoms with Crippen LogP contribution in [0.25, 0.3) is 0 Å². The molecule has 0 amide bonds. The molecule has 0 spiro atoms. The predicted octanol–water partition coefficient (Wildman–Crippen LogP) is 2.25. The molecule has 1 fully saturated rings. The number of likely N-dealkylation sites (tertiary alicyclic amines) is 1. The summed E-state index contributed by atoms with van der Waals surface area (Å²) in [5.41, 5.74) is 0.223. The summed E-state index contributed by atoms with van der Waals surface area (Å²) < 4.78 is 0. The largest absolute Gasteiger partial charge is 0.396 e. The first-order valence-corrected chi connectivity index (χ1v) is 7.49. The van der Waals surface area contributed by atoms with Crippen LogP contribution >= 0.6 is 0 Å². The molecule has 2 N–H and O–H groups in total. The van der Waals surface area contributed by atoms with Gasteiger partial charge in [0.2, 0.25) is 0 Å². The average molecular weight is 256 g/mol. The van der Waals surface area contributed by atoms with E-state index in [4.69, 9.17) is 5.11 Å². The maximum Gasteiger partial charge on any atom is 0.0446 e. The monoisotopic (exact) mass is 256 g/mol. The van der Waals surface area contributed by atoms with Gasteiger partial charge in [-0.3, -0.25) is 0 Å². The Kier molecular flexibility index (Phi) is 6.61. The van der Waals surface area contributed by atoms with Crippen molar-refractivity contribution in [3.8, 4) is 0 Å². The third-order valence-electron chi connectivity index (χ3n) is 4.25. The molecule has 1 heterocycles. The van der Waals surface area contributed by atoms with Crippen LogP contribution in [-0.4, -0.2) is 48.8 Å². The van der Waals surface area contributed by atoms with Crippen molar-refractivity contribution in [2.75, 3.05) is 26.7 Å². The maximum absolute atomic E-state index is 9.14. The van der Waals surface area contributed by atoms with E-state index in [-0.39, 0.29) is 12.0 Å². The van der Waals surface area contributed by atoms with Crippen LogP contribution in [0.1, 0.15) is 52.9 Å². The van der Waals surface area contributed by atoms with Gasteiger partial charge in [0, 0.05) is 18.7 Å². The van der Waals surface area contributed by atoms with Crippen molar-refractivity contribution in [1.29, 1.82) is 0 Å². The molecule has 18 heavy (non-hydrogen) atoms. The SMILES string of the molecule is CN1CCCCC1CCNC(CCO)C(C)(C)C. The Balaban J connectivity index is 2.29. The van der Waals surface area contributed by atoms with Crippen LogP contribution in [0, 0.1) is 5.41 Å². The lowest BCUT2D eigenvalue weighted by atomic mass is 9.85. The van der Waals surface area contributed by atoms with Crippen LogP contribution in [0.3, 0.4) is 0 Å². The van der Waals surface area contributed by atoms with Crippen LogP contribution < -0.4 is 5.32 Å². The summed E-state index contributed by atoms with van der Waals surface area (Å²) in [7, 11) is 2.25. The average Bonchev–Trinajstić information content (AvgIpc) is 2.29. The molecule has 0 aromatic heterocycles. The molecule has 0 radical (unpaired) electrons. The predicted molar refractivity (Wildman–Crippen MR) is 77.8 cm³/mol. The fraction of sp³-hybridized carbons (Fsp3) is 1.00. The lowest BCUT2D eigenvalue weighted by molar-refractivity contribution is 0.162. The molecule has 1 aliphatic heterocycles. The molecule has 1 rings (SSSR count). The molecule has 1 saturated heterocycles. The van der Waals surface area contributed by atoms with Crippen molar-refractivity contribution in [2.24, 2.45) is 5.41 Å². The van der Waals surface area contributed by atoms with Gasteiger partial charge in [-0.15, -0.1) is 0 Å². The Bertz CT molecular complexity index is 225. The van der Waals surface area contributed by atoms with Crippen molar-refractivity contribution in [3.63, 3.8) is 0 Å². The quantitative estimate of drug-likeness (QED) is 0.765. The molecular formula is C15H32N2O. The van der Waals surface area contributed by atoms with Crippen molar-refractivity contribution in [1.82, 2.24) is 10.2 Å². The third-order valence-corrected chi connectivity index (χ3v) is 4.25. The highest BCUT2D eigenvalue weighted by Gasteiger charge is 2.24. The second kappa shape index (κ2) is 7.46. The maximum atomic E-state index is 9.14. The summed E-state index contributed by atoms with van der Waals surface area (Å²) in [6, 6.07) is 1.16. The smallest absolute Gasteiger partial charge is 0.0446 e. The van der Waals surface area contributed by atoms with Crippen molar-refractivity contribution in [3.05, 3.63) is 0 Å². The van der Waals surface area contributed by atoms with Gasteiger partial charge < -0.3 is 15.3 Å². The summed E-state index contributed by atoms with van der Waals surface area (Å²) in [6.45, 7) is 9.33. The second-order valence-electron chi connectivity index (χ2n) is 6.80. The Morgan fingerprint density at radius 2 is 2.06 bits per heavy atom. The molecule has 3 heteroatoms. The van der Waals surface area contributed by atoms with Crippen LogP contribution in [-0.2, 0) is 0 Å². The van der Waals surface area contributed by atoms with E-state index in [0.29, 0.717) is 6.04 Å². The zero-order valence-corrected chi connectivity index (χ0v) is 12.7. The van der Waals surface area contributed by atoms with E-state index >= 15 is 0 Å². The number of rotatable bonds is 6. The minimum atomic E-state index is 0.223. The van der Waals surface area contributed by atoms with Crippen LogP contribution in [0.4, 0.5) is 0 Å². The number of hydrogen-bond acceptors (Lipinski definition) is 3. The van der Waals surface area contributed by atoms with E-state index in [1.54, 1.807) is 0 Å². The number of aliphatic hydroxyl groups is 1. The molecule has 0 aromatic rings. The van der Waals surface area contributed by atoms with Crippen LogP contribution in [0.5, 0.6) is 0 Å². The van der Waals surface area contributed by atoms with Gasteiger partial charge in [-0.05, 0) is 51.2 Å². The summed E-state index contributed by atoms with van der Waals surface area (Å²) in [5, 5.41) is 12.8. The molecule has 0 saturated carbocycles. The highest BCUT2D eigenvalue weighted by atomic mass is 16.3. The van der Waals surface area contributed by atoms with Gasteiger partial charge in [-0.25, -0.2) is 0 Å². The van der Waals surface area contributed by atoms with E-state index in [1.165, 1.54) is 32.2 Å². The minimum absolute atomic E-state index is 0.223. The molecule has 2 unspecified atom stereocenters. The number of piperidine rings is 1. The van der Waals surface area contributed by atoms with Gasteiger partial charge in [-0.1, -0.05) is 27.2 Å². The molecule has 0 aromatic carbocycles. The van der Waals surface area contributed by atoms with Gasteiger partial charge in [0.1, 0.15) is 0 Å². The van der Waals surface area contributed by atoms with Crippen LogP contribution in [0.15, 0.2) is 0 Å². The summed E-state index contributed by atoms with van der Waals surface area (Å²) in [4.78, 5) is 2.50. The summed E-state index contributed by atoms with van der Waals surface area (Å²) >= 11 is 0. The fourth-order valence-electron chi connectivity index (χ4n) is 2.90. The van der Waals surface area contributed by atoms with E-state index in [1.807, 2.05) is 0 Å². The third kappa shape index (κ3) is 5.25. The lowest BCUT2D eigenvalue weighted by Gasteiger charge is -2.35. The first kappa shape index (κ1) is 15.9. The Morgan fingerprint density at radius 1 is 1.33 bits per heavy atom. The molecule has 3 nitrogen and oxygen atoms in total. The van der Waals surface area contributed by atoms with Crippen molar-refractivity contribution in [2.45, 2.75) is 65.0 Å². The molecular weight excluding hydrogens is 224 g/mol. The van der Waals surface area contributed by atoms with E-state index in [9.17, 15) is 0 Å². The van der Waals surface area contributed by atoms with Gasteiger partial charge >= 0.3 is 0 Å². The standard InChI is InChI=1S/C15H32N2O/c1-15(2,3)14(9-12-18)16-10-8-13-7-5-6-11-17(13)4/h13-14,16,18H,5-12H2,1-4H3. The number of nitrogens with zero attached hydrogens (tertiary/aromatic N) is 1. The fourth-order valence-corrected chi connectivity index (χ4v) is 2.90. The van der Waals surface area contributed by atoms with E-state index in [2.05, 4.69) is 38.0 Å². The number of aliphatic hydroxyl groups excluding tert-OH is 1. The number of hydrogen-bond donors (Lipinski definition) is 2. The van der Waals surface area contributed by atoms with Gasteiger partial charge in [-0.2, -0.15) is 0 Å². The minimum Gasteiger partial charge on any atom is -0.396 e. The molecule has 0 bridgehead atoms. The molecule has 108 valence electrons. The zero-order chi connectivity index (χ0) is 13.6. The Morgan fingerprint density at radius 3 is 2.61 bits per heavy atom. The zero-order valence-electron chi connectivity index (χ0n) is 12.7.